The molecule has 0 fully saturated rings. The lowest BCUT2D eigenvalue weighted by Crippen LogP contribution is -2.34. The minimum atomic E-state index is -1.96. The van der Waals surface area contributed by atoms with Gasteiger partial charge in [0.1, 0.15) is 0 Å². The summed E-state index contributed by atoms with van der Waals surface area (Å²) in [6.45, 7) is 7.78. The van der Waals surface area contributed by atoms with Crippen molar-refractivity contribution in [1.29, 1.82) is 0 Å². The van der Waals surface area contributed by atoms with E-state index in [4.69, 9.17) is 14.9 Å². The van der Waals surface area contributed by atoms with Gasteiger partial charge >= 0.3 is 0 Å². The fourth-order valence-corrected chi connectivity index (χ4v) is 3.67. The molecular formula is C18H21NO3Si. The van der Waals surface area contributed by atoms with Crippen LogP contribution in [0.25, 0.3) is 10.8 Å². The second-order valence-corrected chi connectivity index (χ2v) is 11.3. The molecule has 1 atom stereocenters. The van der Waals surface area contributed by atoms with Gasteiger partial charge < -0.3 is 14.9 Å². The fourth-order valence-electron chi connectivity index (χ4n) is 2.86. The van der Waals surface area contributed by atoms with Gasteiger partial charge in [0, 0.05) is 5.56 Å². The zero-order chi connectivity index (χ0) is 16.8. The quantitative estimate of drug-likeness (QED) is 0.874. The third kappa shape index (κ3) is 2.61. The van der Waals surface area contributed by atoms with E-state index in [0.717, 1.165) is 16.3 Å². The molecule has 120 valence electrons. The Kier molecular flexibility index (Phi) is 3.48. The number of rotatable bonds is 3. The highest BCUT2D eigenvalue weighted by atomic mass is 28.4. The maximum absolute atomic E-state index is 13.0. The van der Waals surface area contributed by atoms with Crippen LogP contribution >= 0.6 is 0 Å². The smallest absolute Gasteiger partial charge is 0.249 e. The van der Waals surface area contributed by atoms with Crippen molar-refractivity contribution in [3.8, 4) is 0 Å². The molecule has 2 aromatic carbocycles. The normalized spacial score (nSPS) is 21.7. The van der Waals surface area contributed by atoms with Crippen molar-refractivity contribution in [1.82, 2.24) is 0 Å². The Bertz CT molecular complexity index is 817. The summed E-state index contributed by atoms with van der Waals surface area (Å²) in [4.78, 5) is 13.0. The highest BCUT2D eigenvalue weighted by Gasteiger charge is 2.49. The number of fused-ring (bicyclic) bond motifs is 1. The maximum Gasteiger partial charge on any atom is 0.249 e. The number of benzene rings is 2. The molecule has 1 unspecified atom stereocenters. The van der Waals surface area contributed by atoms with Crippen molar-refractivity contribution in [2.24, 2.45) is 5.73 Å². The molecule has 1 aliphatic heterocycles. The molecule has 1 aliphatic rings. The number of hydrogen-bond acceptors (Lipinski definition) is 4. The van der Waals surface area contributed by atoms with Gasteiger partial charge in [-0.1, -0.05) is 42.5 Å². The predicted octanol–water partition coefficient (Wildman–Crippen LogP) is 3.63. The summed E-state index contributed by atoms with van der Waals surface area (Å²) in [7, 11) is -1.96. The lowest BCUT2D eigenvalue weighted by atomic mass is 9.88. The van der Waals surface area contributed by atoms with Crippen LogP contribution < -0.4 is 5.73 Å². The minimum absolute atomic E-state index is 0.0767. The second-order valence-electron chi connectivity index (χ2n) is 6.90. The molecule has 0 spiro atoms. The van der Waals surface area contributed by atoms with Crippen LogP contribution in [0.1, 0.15) is 12.5 Å². The Balaban J connectivity index is 2.09. The van der Waals surface area contributed by atoms with Crippen molar-refractivity contribution in [3.63, 3.8) is 0 Å². The van der Waals surface area contributed by atoms with Crippen molar-refractivity contribution in [2.75, 3.05) is 0 Å². The molecule has 2 N–H and O–H groups in total. The van der Waals surface area contributed by atoms with Crippen LogP contribution in [0.4, 0.5) is 0 Å². The first-order valence-electron chi connectivity index (χ1n) is 7.63. The van der Waals surface area contributed by atoms with E-state index in [2.05, 4.69) is 0 Å². The first-order chi connectivity index (χ1) is 10.7. The number of ketones is 1. The fraction of sp³-hybridized carbons (Fsp3) is 0.278. The number of carbonyl (C=O) groups is 1. The summed E-state index contributed by atoms with van der Waals surface area (Å²) in [6.07, 6.45) is 0. The van der Waals surface area contributed by atoms with E-state index in [1.54, 1.807) is 6.92 Å². The number of carbonyl (C=O) groups excluding carboxylic acids is 1. The van der Waals surface area contributed by atoms with Crippen LogP contribution in [0.15, 0.2) is 54.1 Å². The van der Waals surface area contributed by atoms with E-state index < -0.39 is 13.9 Å². The van der Waals surface area contributed by atoms with Gasteiger partial charge in [-0.3, -0.25) is 4.79 Å². The molecule has 5 heteroatoms. The Morgan fingerprint density at radius 3 is 2.43 bits per heavy atom. The van der Waals surface area contributed by atoms with Crippen LogP contribution in [-0.2, 0) is 19.6 Å². The molecule has 2 aromatic rings. The topological polar surface area (TPSA) is 61.6 Å². The number of hydrogen-bond donors (Lipinski definition) is 1. The highest BCUT2D eigenvalue weighted by molar-refractivity contribution is 6.70. The van der Waals surface area contributed by atoms with E-state index in [1.165, 1.54) is 0 Å². The SMILES string of the molecule is CC1(c2cccc3ccccc23)OC(N)=C(O[Si](C)(C)C)C1=O. The molecular weight excluding hydrogens is 306 g/mol. The van der Waals surface area contributed by atoms with Gasteiger partial charge in [0.2, 0.25) is 25.7 Å². The third-order valence-electron chi connectivity index (χ3n) is 3.89. The molecule has 23 heavy (non-hydrogen) atoms. The van der Waals surface area contributed by atoms with Gasteiger partial charge in [-0.2, -0.15) is 0 Å². The van der Waals surface area contributed by atoms with E-state index in [1.807, 2.05) is 62.1 Å². The molecule has 4 nitrogen and oxygen atoms in total. The maximum atomic E-state index is 13.0. The van der Waals surface area contributed by atoms with E-state index in [9.17, 15) is 4.79 Å². The highest BCUT2D eigenvalue weighted by Crippen LogP contribution is 2.41. The zero-order valence-electron chi connectivity index (χ0n) is 13.8. The van der Waals surface area contributed by atoms with Crippen LogP contribution in [0.2, 0.25) is 19.6 Å². The van der Waals surface area contributed by atoms with Gasteiger partial charge in [0.05, 0.1) is 0 Å². The minimum Gasteiger partial charge on any atom is -0.538 e. The van der Waals surface area contributed by atoms with Gasteiger partial charge in [-0.05, 0) is 37.3 Å². The monoisotopic (exact) mass is 327 g/mol. The molecule has 0 saturated heterocycles. The first-order valence-corrected chi connectivity index (χ1v) is 11.0. The second kappa shape index (κ2) is 5.13. The molecule has 3 rings (SSSR count). The number of ether oxygens (including phenoxy) is 1. The molecule has 0 radical (unpaired) electrons. The average Bonchev–Trinajstić information content (AvgIpc) is 2.70. The van der Waals surface area contributed by atoms with Crippen LogP contribution in [0, 0.1) is 0 Å². The Morgan fingerprint density at radius 2 is 1.74 bits per heavy atom. The summed E-state index contributed by atoms with van der Waals surface area (Å²) in [5.74, 6) is 0.0289. The van der Waals surface area contributed by atoms with Crippen molar-refractivity contribution >= 4 is 24.9 Å². The summed E-state index contributed by atoms with van der Waals surface area (Å²) >= 11 is 0. The van der Waals surface area contributed by atoms with Crippen molar-refractivity contribution < 1.29 is 14.0 Å². The molecule has 0 aromatic heterocycles. The predicted molar refractivity (Wildman–Crippen MR) is 93.0 cm³/mol. The average molecular weight is 327 g/mol. The summed E-state index contributed by atoms with van der Waals surface area (Å²) in [6, 6.07) is 13.8. The number of nitrogens with two attached hydrogens (primary N) is 1. The van der Waals surface area contributed by atoms with E-state index in [0.29, 0.717) is 0 Å². The van der Waals surface area contributed by atoms with Gasteiger partial charge in [0.15, 0.2) is 5.60 Å². The Hall–Kier alpha value is -2.27. The van der Waals surface area contributed by atoms with Crippen LogP contribution in [0.3, 0.4) is 0 Å². The van der Waals surface area contributed by atoms with Gasteiger partial charge in [-0.15, -0.1) is 0 Å². The Labute approximate surface area is 137 Å². The third-order valence-corrected chi connectivity index (χ3v) is 4.71. The molecule has 0 amide bonds. The summed E-state index contributed by atoms with van der Waals surface area (Å²) in [5, 5.41) is 2.04. The lowest BCUT2D eigenvalue weighted by Gasteiger charge is -2.25. The lowest BCUT2D eigenvalue weighted by molar-refractivity contribution is -0.131. The summed E-state index contributed by atoms with van der Waals surface area (Å²) in [5.41, 5.74) is 5.62. The van der Waals surface area contributed by atoms with E-state index in [-0.39, 0.29) is 17.4 Å². The summed E-state index contributed by atoms with van der Waals surface area (Å²) < 4.78 is 11.7. The molecule has 0 bridgehead atoms. The van der Waals surface area contributed by atoms with Crippen molar-refractivity contribution in [2.45, 2.75) is 32.2 Å². The molecule has 1 heterocycles. The first kappa shape index (κ1) is 15.6. The van der Waals surface area contributed by atoms with Crippen molar-refractivity contribution in [3.05, 3.63) is 59.7 Å². The van der Waals surface area contributed by atoms with Gasteiger partial charge in [0.25, 0.3) is 0 Å². The number of Topliss-reactive ketones (excluding diaryl/α,β-unsaturated/α-hetero) is 1. The molecule has 0 saturated carbocycles. The molecule has 0 aliphatic carbocycles. The largest absolute Gasteiger partial charge is 0.538 e. The van der Waals surface area contributed by atoms with Gasteiger partial charge in [-0.25, -0.2) is 0 Å². The van der Waals surface area contributed by atoms with E-state index >= 15 is 0 Å². The Morgan fingerprint density at radius 1 is 1.09 bits per heavy atom. The van der Waals surface area contributed by atoms with Crippen LogP contribution in [-0.4, -0.2) is 14.1 Å². The zero-order valence-corrected chi connectivity index (χ0v) is 14.8. The standard InChI is InChI=1S/C18H21NO3Si/c1-18(14-11-7-9-12-8-5-6-10-13(12)14)16(20)15(17(19)21-18)22-23(2,3)4/h5-11H,19H2,1-4H3. The van der Waals surface area contributed by atoms with Crippen LogP contribution in [0.5, 0.6) is 0 Å².